The van der Waals surface area contributed by atoms with E-state index >= 15 is 0 Å². The standard InChI is InChI=1S/C22H37N7O/c1-4-24-22(29-10-7-18(8-11-29)16-20(30)23-2)26-17-19-6-5-9-25-21(19)28-14-12-27(3)13-15-28/h5-6,9,18H,4,7-8,10-17H2,1-3H3,(H,23,30)(H,24,26). The van der Waals surface area contributed by atoms with Crippen LogP contribution >= 0.6 is 0 Å². The van der Waals surface area contributed by atoms with E-state index < -0.39 is 0 Å². The van der Waals surface area contributed by atoms with Crippen molar-refractivity contribution in [2.75, 3.05) is 64.8 Å². The normalized spacial score (nSPS) is 19.1. The second kappa shape index (κ2) is 11.2. The van der Waals surface area contributed by atoms with Crippen LogP contribution in [0.2, 0.25) is 0 Å². The first-order valence-corrected chi connectivity index (χ1v) is 11.2. The Bertz CT molecular complexity index is 707. The third-order valence-corrected chi connectivity index (χ3v) is 6.07. The maximum atomic E-state index is 11.7. The maximum Gasteiger partial charge on any atom is 0.220 e. The van der Waals surface area contributed by atoms with Gasteiger partial charge in [-0.15, -0.1) is 0 Å². The van der Waals surface area contributed by atoms with Gasteiger partial charge in [-0.3, -0.25) is 4.79 Å². The SMILES string of the molecule is CCNC(=NCc1cccnc1N1CCN(C)CC1)N1CCC(CC(=O)NC)CC1. The summed E-state index contributed by atoms with van der Waals surface area (Å²) in [7, 11) is 3.88. The number of likely N-dealkylation sites (tertiary alicyclic amines) is 1. The van der Waals surface area contributed by atoms with Crippen molar-refractivity contribution in [2.45, 2.75) is 32.7 Å². The van der Waals surface area contributed by atoms with Crippen LogP contribution in [0.5, 0.6) is 0 Å². The Morgan fingerprint density at radius 1 is 1.20 bits per heavy atom. The van der Waals surface area contributed by atoms with Crippen molar-refractivity contribution in [3.8, 4) is 0 Å². The summed E-state index contributed by atoms with van der Waals surface area (Å²) in [6, 6.07) is 4.14. The Hall–Kier alpha value is -2.35. The quantitative estimate of drug-likeness (QED) is 0.536. The van der Waals surface area contributed by atoms with Crippen LogP contribution < -0.4 is 15.5 Å². The number of aromatic nitrogens is 1. The molecule has 2 aliphatic heterocycles. The number of pyridine rings is 1. The lowest BCUT2D eigenvalue weighted by Crippen LogP contribution is -2.46. The molecule has 0 bridgehead atoms. The molecule has 8 nitrogen and oxygen atoms in total. The molecule has 0 aromatic carbocycles. The number of likely N-dealkylation sites (N-methyl/N-ethyl adjacent to an activating group) is 1. The van der Waals surface area contributed by atoms with Crippen LogP contribution in [0.4, 0.5) is 5.82 Å². The van der Waals surface area contributed by atoms with Gasteiger partial charge in [0.25, 0.3) is 0 Å². The van der Waals surface area contributed by atoms with Crippen molar-refractivity contribution in [1.29, 1.82) is 0 Å². The molecule has 2 aliphatic rings. The van der Waals surface area contributed by atoms with Gasteiger partial charge >= 0.3 is 0 Å². The number of aliphatic imine (C=N–C) groups is 1. The highest BCUT2D eigenvalue weighted by atomic mass is 16.1. The van der Waals surface area contributed by atoms with Crippen molar-refractivity contribution in [3.63, 3.8) is 0 Å². The van der Waals surface area contributed by atoms with E-state index in [0.29, 0.717) is 18.9 Å². The summed E-state index contributed by atoms with van der Waals surface area (Å²) >= 11 is 0. The van der Waals surface area contributed by atoms with E-state index in [0.717, 1.165) is 70.4 Å². The van der Waals surface area contributed by atoms with Crippen LogP contribution in [-0.2, 0) is 11.3 Å². The van der Waals surface area contributed by atoms with E-state index in [4.69, 9.17) is 4.99 Å². The molecule has 8 heteroatoms. The zero-order chi connectivity index (χ0) is 21.3. The van der Waals surface area contributed by atoms with Crippen LogP contribution in [0.3, 0.4) is 0 Å². The number of carbonyl (C=O) groups excluding carboxylic acids is 1. The minimum atomic E-state index is 0.141. The predicted molar refractivity (Wildman–Crippen MR) is 122 cm³/mol. The minimum absolute atomic E-state index is 0.141. The highest BCUT2D eigenvalue weighted by Gasteiger charge is 2.23. The Labute approximate surface area is 180 Å². The molecule has 1 aromatic rings. The number of rotatable bonds is 6. The van der Waals surface area contributed by atoms with E-state index in [-0.39, 0.29) is 5.91 Å². The highest BCUT2D eigenvalue weighted by molar-refractivity contribution is 5.80. The lowest BCUT2D eigenvalue weighted by Gasteiger charge is -2.35. The third-order valence-electron chi connectivity index (χ3n) is 6.07. The molecule has 2 fully saturated rings. The summed E-state index contributed by atoms with van der Waals surface area (Å²) in [5.74, 6) is 2.63. The summed E-state index contributed by atoms with van der Waals surface area (Å²) in [5.41, 5.74) is 1.17. The van der Waals surface area contributed by atoms with E-state index in [1.54, 1.807) is 7.05 Å². The van der Waals surface area contributed by atoms with Crippen LogP contribution in [0.1, 0.15) is 31.7 Å². The molecule has 0 unspecified atom stereocenters. The average molecular weight is 416 g/mol. The maximum absolute atomic E-state index is 11.7. The minimum Gasteiger partial charge on any atom is -0.359 e. The molecule has 1 aromatic heterocycles. The molecular weight excluding hydrogens is 378 g/mol. The molecule has 0 radical (unpaired) electrons. The van der Waals surface area contributed by atoms with Gasteiger partial charge in [0.2, 0.25) is 5.91 Å². The van der Waals surface area contributed by atoms with Crippen molar-refractivity contribution in [2.24, 2.45) is 10.9 Å². The van der Waals surface area contributed by atoms with Crippen LogP contribution in [0.25, 0.3) is 0 Å². The average Bonchev–Trinajstić information content (AvgIpc) is 2.78. The zero-order valence-electron chi connectivity index (χ0n) is 18.7. The molecular formula is C22H37N7O. The monoisotopic (exact) mass is 415 g/mol. The van der Waals surface area contributed by atoms with Gasteiger partial charge < -0.3 is 25.3 Å². The van der Waals surface area contributed by atoms with E-state index in [9.17, 15) is 4.79 Å². The Kier molecular flexibility index (Phi) is 8.30. The molecule has 0 atom stereocenters. The van der Waals surface area contributed by atoms with Gasteiger partial charge in [0.1, 0.15) is 5.82 Å². The number of hydrogen-bond donors (Lipinski definition) is 2. The van der Waals surface area contributed by atoms with E-state index in [1.807, 2.05) is 12.3 Å². The lowest BCUT2D eigenvalue weighted by atomic mass is 9.93. The molecule has 3 heterocycles. The fourth-order valence-electron chi connectivity index (χ4n) is 4.16. The molecule has 0 aliphatic carbocycles. The molecule has 2 saturated heterocycles. The summed E-state index contributed by atoms with van der Waals surface area (Å²) in [5, 5.41) is 6.19. The topological polar surface area (TPSA) is 76.1 Å². The van der Waals surface area contributed by atoms with Gasteiger partial charge in [0.05, 0.1) is 6.54 Å². The second-order valence-corrected chi connectivity index (χ2v) is 8.25. The van der Waals surface area contributed by atoms with Gasteiger partial charge in [-0.25, -0.2) is 9.98 Å². The molecule has 0 saturated carbocycles. The first kappa shape index (κ1) is 22.3. The Morgan fingerprint density at radius 2 is 1.93 bits per heavy atom. The number of guanidine groups is 1. The molecule has 30 heavy (non-hydrogen) atoms. The third kappa shape index (κ3) is 6.08. The van der Waals surface area contributed by atoms with Crippen LogP contribution in [-0.4, -0.2) is 86.6 Å². The lowest BCUT2D eigenvalue weighted by molar-refractivity contribution is -0.121. The summed E-state index contributed by atoms with van der Waals surface area (Å²) in [6.07, 6.45) is 4.56. The van der Waals surface area contributed by atoms with Crippen molar-refractivity contribution in [3.05, 3.63) is 23.9 Å². The highest BCUT2D eigenvalue weighted by Crippen LogP contribution is 2.22. The molecule has 166 valence electrons. The van der Waals surface area contributed by atoms with Crippen molar-refractivity contribution < 1.29 is 4.79 Å². The van der Waals surface area contributed by atoms with Crippen LogP contribution in [0.15, 0.2) is 23.3 Å². The van der Waals surface area contributed by atoms with E-state index in [2.05, 4.69) is 50.4 Å². The largest absolute Gasteiger partial charge is 0.359 e. The summed E-state index contributed by atoms with van der Waals surface area (Å²) in [4.78, 5) is 28.4. The van der Waals surface area contributed by atoms with Gasteiger partial charge in [-0.05, 0) is 38.8 Å². The van der Waals surface area contributed by atoms with E-state index in [1.165, 1.54) is 5.56 Å². The van der Waals surface area contributed by atoms with Crippen molar-refractivity contribution >= 4 is 17.7 Å². The van der Waals surface area contributed by atoms with Crippen molar-refractivity contribution in [1.82, 2.24) is 25.4 Å². The fourth-order valence-corrected chi connectivity index (χ4v) is 4.16. The summed E-state index contributed by atoms with van der Waals surface area (Å²) < 4.78 is 0. The number of piperazine rings is 1. The number of amides is 1. The molecule has 3 rings (SSSR count). The van der Waals surface area contributed by atoms with Gasteiger partial charge in [-0.2, -0.15) is 0 Å². The molecule has 2 N–H and O–H groups in total. The summed E-state index contributed by atoms with van der Waals surface area (Å²) in [6.45, 7) is 9.57. The number of carbonyl (C=O) groups is 1. The molecule has 0 spiro atoms. The first-order valence-electron chi connectivity index (χ1n) is 11.2. The predicted octanol–water partition coefficient (Wildman–Crippen LogP) is 1.15. The first-order chi connectivity index (χ1) is 14.6. The Balaban J connectivity index is 1.64. The van der Waals surface area contributed by atoms with Gasteiger partial charge in [0, 0.05) is 71.0 Å². The number of nitrogens with zero attached hydrogens (tertiary/aromatic N) is 5. The Morgan fingerprint density at radius 3 is 2.60 bits per heavy atom. The second-order valence-electron chi connectivity index (χ2n) is 8.25. The van der Waals surface area contributed by atoms with Gasteiger partial charge in [-0.1, -0.05) is 6.07 Å². The smallest absolute Gasteiger partial charge is 0.220 e. The molecule has 1 amide bonds. The number of piperidine rings is 1. The van der Waals surface area contributed by atoms with Gasteiger partial charge in [0.15, 0.2) is 5.96 Å². The number of hydrogen-bond acceptors (Lipinski definition) is 5. The van der Waals surface area contributed by atoms with Crippen LogP contribution in [0, 0.1) is 5.92 Å². The fraction of sp³-hybridized carbons (Fsp3) is 0.682. The zero-order valence-corrected chi connectivity index (χ0v) is 18.7. The number of anilines is 1. The number of nitrogens with one attached hydrogen (secondary N) is 2.